The van der Waals surface area contributed by atoms with E-state index in [0.29, 0.717) is 0 Å². The number of rotatable bonds is 3. The fourth-order valence-electron chi connectivity index (χ4n) is 8.66. The molecule has 0 saturated carbocycles. The number of hydrogen-bond donors (Lipinski definition) is 0. The highest BCUT2D eigenvalue weighted by Gasteiger charge is 2.22. The number of benzene rings is 8. The molecule has 8 aromatic carbocycles. The van der Waals surface area contributed by atoms with Crippen LogP contribution in [0.5, 0.6) is 0 Å². The second-order valence-corrected chi connectivity index (χ2v) is 13.7. The van der Waals surface area contributed by atoms with Gasteiger partial charge in [0.2, 0.25) is 0 Å². The van der Waals surface area contributed by atoms with E-state index in [1.165, 1.54) is 21.5 Å². The van der Waals surface area contributed by atoms with Gasteiger partial charge in [-0.05, 0) is 83.9 Å². The summed E-state index contributed by atoms with van der Waals surface area (Å²) in [6.45, 7) is 0. The quantitative estimate of drug-likeness (QED) is 0.188. The van der Waals surface area contributed by atoms with E-state index < -0.39 is 0 Å². The number of nitrogens with zero attached hydrogens (tertiary/aromatic N) is 2. The average molecular weight is 665 g/mol. The van der Waals surface area contributed by atoms with Crippen LogP contribution in [0.15, 0.2) is 179 Å². The second-order valence-electron chi connectivity index (χ2n) is 13.7. The van der Waals surface area contributed by atoms with Crippen LogP contribution in [0.25, 0.3) is 110 Å². The van der Waals surface area contributed by atoms with Crippen LogP contribution in [0, 0.1) is 0 Å². The molecule has 0 unspecified atom stereocenters. The van der Waals surface area contributed by atoms with Gasteiger partial charge in [0.1, 0.15) is 16.7 Å². The summed E-state index contributed by atoms with van der Waals surface area (Å²) < 4.78 is 17.8. The Hall–Kier alpha value is -7.04. The molecule has 4 nitrogen and oxygen atoms in total. The molecule has 0 atom stereocenters. The van der Waals surface area contributed by atoms with Crippen LogP contribution in [0.3, 0.4) is 0 Å². The predicted octanol–water partition coefficient (Wildman–Crippen LogP) is 13.3. The molecule has 0 amide bonds. The molecule has 12 aromatic rings. The summed E-state index contributed by atoms with van der Waals surface area (Å²) in [7, 11) is 0. The normalized spacial score (nSPS) is 12.2. The van der Waals surface area contributed by atoms with Crippen LogP contribution in [0.2, 0.25) is 0 Å². The topological polar surface area (TPSA) is 36.1 Å². The molecule has 0 N–H and O–H groups in total. The molecule has 4 aromatic heterocycles. The van der Waals surface area contributed by atoms with E-state index in [-0.39, 0.29) is 0 Å². The molecule has 0 fully saturated rings. The summed E-state index contributed by atoms with van der Waals surface area (Å²) in [4.78, 5) is 0. The first-order valence-corrected chi connectivity index (χ1v) is 17.7. The van der Waals surface area contributed by atoms with Crippen LogP contribution in [-0.4, -0.2) is 9.13 Å². The van der Waals surface area contributed by atoms with E-state index in [4.69, 9.17) is 8.83 Å². The van der Waals surface area contributed by atoms with E-state index in [2.05, 4.69) is 167 Å². The minimum atomic E-state index is 0.900. The van der Waals surface area contributed by atoms with Gasteiger partial charge in [-0.2, -0.15) is 0 Å². The number of fused-ring (bicyclic) bond motifs is 14. The van der Waals surface area contributed by atoms with E-state index in [1.807, 2.05) is 12.1 Å². The Morgan fingerprint density at radius 1 is 0.327 bits per heavy atom. The highest BCUT2D eigenvalue weighted by atomic mass is 16.3. The third kappa shape index (κ3) is 3.70. The maximum atomic E-state index is 6.63. The number of hydrogen-bond acceptors (Lipinski definition) is 2. The Labute approximate surface area is 296 Å². The molecule has 0 bridgehead atoms. The third-order valence-corrected chi connectivity index (χ3v) is 10.9. The van der Waals surface area contributed by atoms with E-state index >= 15 is 0 Å². The van der Waals surface area contributed by atoms with Gasteiger partial charge in [0.15, 0.2) is 5.58 Å². The van der Waals surface area contributed by atoms with Crippen molar-refractivity contribution < 1.29 is 8.83 Å². The van der Waals surface area contributed by atoms with Gasteiger partial charge in [-0.3, -0.25) is 0 Å². The molecule has 0 spiro atoms. The van der Waals surface area contributed by atoms with Crippen molar-refractivity contribution in [2.75, 3.05) is 0 Å². The molecule has 242 valence electrons. The summed E-state index contributed by atoms with van der Waals surface area (Å²) >= 11 is 0. The molecule has 4 heterocycles. The largest absolute Gasteiger partial charge is 0.456 e. The van der Waals surface area contributed by atoms with Gasteiger partial charge >= 0.3 is 0 Å². The minimum Gasteiger partial charge on any atom is -0.456 e. The zero-order valence-electron chi connectivity index (χ0n) is 27.9. The smallest absolute Gasteiger partial charge is 0.160 e. The summed E-state index contributed by atoms with van der Waals surface area (Å²) in [6, 6.07) is 60.5. The van der Waals surface area contributed by atoms with Gasteiger partial charge in [-0.1, -0.05) is 97.1 Å². The van der Waals surface area contributed by atoms with Gasteiger partial charge in [-0.15, -0.1) is 0 Å². The fourth-order valence-corrected chi connectivity index (χ4v) is 8.66. The Morgan fingerprint density at radius 3 is 1.75 bits per heavy atom. The molecular formula is C48H28N2O2. The lowest BCUT2D eigenvalue weighted by Crippen LogP contribution is -1.94. The standard InChI is InChI=1S/C48H28N2O2/c1-3-11-31(12-4-1)49-39-24-20-29(27-38(39)45-40(49)25-26-44-46(45)37-16-8-10-18-43(37)51-44)30-19-21-33-35-22-23-36-34-15-7-9-17-42(34)52-48(36)47(35)50(41(33)28-30)32-13-5-2-6-14-32/h1-28H. The average Bonchev–Trinajstić information content (AvgIpc) is 3.95. The van der Waals surface area contributed by atoms with Crippen LogP contribution in [-0.2, 0) is 0 Å². The molecule has 4 heteroatoms. The van der Waals surface area contributed by atoms with Gasteiger partial charge < -0.3 is 18.0 Å². The van der Waals surface area contributed by atoms with Crippen LogP contribution >= 0.6 is 0 Å². The zero-order chi connectivity index (χ0) is 33.9. The molecule has 0 aliphatic rings. The van der Waals surface area contributed by atoms with Gasteiger partial charge in [0.05, 0.1) is 22.1 Å². The highest BCUT2D eigenvalue weighted by Crippen LogP contribution is 2.44. The number of furan rings is 2. The lowest BCUT2D eigenvalue weighted by molar-refractivity contribution is 0.669. The first kappa shape index (κ1) is 27.7. The zero-order valence-corrected chi connectivity index (χ0v) is 27.9. The first-order chi connectivity index (χ1) is 25.8. The Bertz CT molecular complexity index is 3400. The number of aromatic nitrogens is 2. The molecule has 12 rings (SSSR count). The van der Waals surface area contributed by atoms with Crippen molar-refractivity contribution in [3.8, 4) is 22.5 Å². The lowest BCUT2D eigenvalue weighted by atomic mass is 9.99. The maximum absolute atomic E-state index is 6.63. The summed E-state index contributed by atoms with van der Waals surface area (Å²) in [5, 5.41) is 9.31. The van der Waals surface area contributed by atoms with Gasteiger partial charge in [0.25, 0.3) is 0 Å². The molecule has 0 aliphatic heterocycles. The summed E-state index contributed by atoms with van der Waals surface area (Å²) in [5.41, 5.74) is 12.7. The third-order valence-electron chi connectivity index (χ3n) is 10.9. The van der Waals surface area contributed by atoms with Crippen molar-refractivity contribution >= 4 is 87.5 Å². The Balaban J connectivity index is 1.17. The van der Waals surface area contributed by atoms with E-state index in [0.717, 1.165) is 88.4 Å². The van der Waals surface area contributed by atoms with Crippen molar-refractivity contribution in [2.45, 2.75) is 0 Å². The van der Waals surface area contributed by atoms with Gasteiger partial charge in [0, 0.05) is 54.5 Å². The molecule has 0 saturated heterocycles. The first-order valence-electron chi connectivity index (χ1n) is 17.7. The van der Waals surface area contributed by atoms with Crippen molar-refractivity contribution in [3.63, 3.8) is 0 Å². The van der Waals surface area contributed by atoms with Crippen LogP contribution < -0.4 is 0 Å². The fraction of sp³-hybridized carbons (Fsp3) is 0. The highest BCUT2D eigenvalue weighted by molar-refractivity contribution is 6.28. The maximum Gasteiger partial charge on any atom is 0.160 e. The monoisotopic (exact) mass is 664 g/mol. The van der Waals surface area contributed by atoms with E-state index in [1.54, 1.807) is 0 Å². The number of para-hydroxylation sites is 4. The summed E-state index contributed by atoms with van der Waals surface area (Å²) in [5.74, 6) is 0. The van der Waals surface area contributed by atoms with Crippen molar-refractivity contribution in [2.24, 2.45) is 0 Å². The summed E-state index contributed by atoms with van der Waals surface area (Å²) in [6.07, 6.45) is 0. The second kappa shape index (κ2) is 10.3. The van der Waals surface area contributed by atoms with Gasteiger partial charge in [-0.25, -0.2) is 0 Å². The van der Waals surface area contributed by atoms with Crippen molar-refractivity contribution in [1.82, 2.24) is 9.13 Å². The SMILES string of the molecule is c1ccc(-n2c3ccc(-c4ccc5c6ccc7c8ccccc8oc7c6n(-c6ccccc6)c5c4)cc3c3c4c(ccc32)oc2ccccc24)cc1. The molecule has 0 radical (unpaired) electrons. The lowest BCUT2D eigenvalue weighted by Gasteiger charge is -2.10. The van der Waals surface area contributed by atoms with Crippen LogP contribution in [0.1, 0.15) is 0 Å². The molecular weight excluding hydrogens is 637 g/mol. The van der Waals surface area contributed by atoms with Crippen molar-refractivity contribution in [1.29, 1.82) is 0 Å². The molecule has 0 aliphatic carbocycles. The Morgan fingerprint density at radius 2 is 0.942 bits per heavy atom. The van der Waals surface area contributed by atoms with E-state index in [9.17, 15) is 0 Å². The van der Waals surface area contributed by atoms with Crippen molar-refractivity contribution in [3.05, 3.63) is 170 Å². The Kier molecular flexibility index (Phi) is 5.47. The van der Waals surface area contributed by atoms with Crippen LogP contribution in [0.4, 0.5) is 0 Å². The predicted molar refractivity (Wildman–Crippen MR) is 215 cm³/mol. The minimum absolute atomic E-state index is 0.900. The molecule has 52 heavy (non-hydrogen) atoms.